The van der Waals surface area contributed by atoms with E-state index in [0.29, 0.717) is 26.2 Å². The quantitative estimate of drug-likeness (QED) is 0.408. The van der Waals surface area contributed by atoms with Gasteiger partial charge in [-0.1, -0.05) is 0 Å². The lowest BCUT2D eigenvalue weighted by molar-refractivity contribution is -0.138. The molecule has 4 N–H and O–H groups in total. The first kappa shape index (κ1) is 14.8. The van der Waals surface area contributed by atoms with Gasteiger partial charge in [-0.3, -0.25) is 14.5 Å². The summed E-state index contributed by atoms with van der Waals surface area (Å²) in [4.78, 5) is 22.3. The van der Waals surface area contributed by atoms with Gasteiger partial charge in [0.2, 0.25) is 0 Å². The van der Waals surface area contributed by atoms with Crippen molar-refractivity contribution in [1.29, 1.82) is 0 Å². The highest BCUT2D eigenvalue weighted by molar-refractivity contribution is 5.69. The number of rotatable bonds is 10. The molecule has 0 spiro atoms. The lowest BCUT2D eigenvalue weighted by atomic mass is 10.4. The monoisotopic (exact) mass is 234 g/mol. The minimum atomic E-state index is -0.918. The number of aliphatic carboxylic acids is 2. The number of carboxylic acid groups (broad SMARTS) is 2. The van der Waals surface area contributed by atoms with Crippen molar-refractivity contribution in [2.24, 2.45) is 5.73 Å². The van der Waals surface area contributed by atoms with Crippen molar-refractivity contribution >= 4 is 11.9 Å². The number of carbonyl (C=O) groups is 2. The molecule has 0 radical (unpaired) electrons. The highest BCUT2D eigenvalue weighted by Crippen LogP contribution is 1.89. The Morgan fingerprint density at radius 3 is 2.31 bits per heavy atom. The van der Waals surface area contributed by atoms with Crippen molar-refractivity contribution in [1.82, 2.24) is 4.90 Å². The molecule has 0 aromatic rings. The fraction of sp³-hybridized carbons (Fsp3) is 0.778. The van der Waals surface area contributed by atoms with Crippen LogP contribution in [0.5, 0.6) is 0 Å². The molecule has 0 unspecified atom stereocenters. The second-order valence-electron chi connectivity index (χ2n) is 3.21. The Kier molecular flexibility index (Phi) is 8.41. The van der Waals surface area contributed by atoms with Gasteiger partial charge in [-0.2, -0.15) is 0 Å². The summed E-state index contributed by atoms with van der Waals surface area (Å²) in [5.74, 6) is -1.83. The summed E-state index contributed by atoms with van der Waals surface area (Å²) in [6.45, 7) is 1.65. The van der Waals surface area contributed by atoms with Gasteiger partial charge < -0.3 is 20.7 Å². The molecule has 7 heteroatoms. The van der Waals surface area contributed by atoms with E-state index >= 15 is 0 Å². The van der Waals surface area contributed by atoms with Crippen LogP contribution in [-0.2, 0) is 14.3 Å². The van der Waals surface area contributed by atoms with Crippen molar-refractivity contribution in [2.45, 2.75) is 6.42 Å². The largest absolute Gasteiger partial charge is 0.481 e. The van der Waals surface area contributed by atoms with Crippen LogP contribution in [-0.4, -0.2) is 66.4 Å². The lowest BCUT2D eigenvalue weighted by Gasteiger charge is -2.18. The van der Waals surface area contributed by atoms with Crippen molar-refractivity contribution in [2.75, 3.05) is 39.4 Å². The second-order valence-corrected chi connectivity index (χ2v) is 3.21. The molecule has 0 amide bonds. The van der Waals surface area contributed by atoms with Crippen LogP contribution in [0.4, 0.5) is 0 Å². The maximum atomic E-state index is 10.5. The highest BCUT2D eigenvalue weighted by Gasteiger charge is 2.08. The minimum Gasteiger partial charge on any atom is -0.481 e. The topological polar surface area (TPSA) is 113 Å². The third kappa shape index (κ3) is 9.38. The van der Waals surface area contributed by atoms with E-state index in [-0.39, 0.29) is 19.6 Å². The molecule has 0 aromatic heterocycles. The van der Waals surface area contributed by atoms with E-state index in [2.05, 4.69) is 0 Å². The molecule has 0 aliphatic carbocycles. The standard InChI is InChI=1S/C9H18N2O5/c10-2-3-11(7-9(14)15)4-6-16-5-1-8(12)13/h1-7,10H2,(H,12,13)(H,14,15). The van der Waals surface area contributed by atoms with Gasteiger partial charge in [-0.05, 0) is 0 Å². The third-order valence-electron chi connectivity index (χ3n) is 1.82. The first-order valence-electron chi connectivity index (χ1n) is 5.00. The van der Waals surface area contributed by atoms with Crippen LogP contribution in [0.25, 0.3) is 0 Å². The minimum absolute atomic E-state index is 0.0458. The van der Waals surface area contributed by atoms with Gasteiger partial charge >= 0.3 is 11.9 Å². The molecule has 0 aromatic carbocycles. The first-order chi connectivity index (χ1) is 7.56. The van der Waals surface area contributed by atoms with Crippen LogP contribution in [0.15, 0.2) is 0 Å². The molecular weight excluding hydrogens is 216 g/mol. The van der Waals surface area contributed by atoms with Gasteiger partial charge in [-0.25, -0.2) is 0 Å². The van der Waals surface area contributed by atoms with E-state index in [1.165, 1.54) is 0 Å². The third-order valence-corrected chi connectivity index (χ3v) is 1.82. The zero-order valence-corrected chi connectivity index (χ0v) is 9.09. The smallest absolute Gasteiger partial charge is 0.317 e. The molecule has 0 aliphatic heterocycles. The zero-order chi connectivity index (χ0) is 12.4. The summed E-state index contributed by atoms with van der Waals surface area (Å²) in [6.07, 6.45) is -0.0458. The van der Waals surface area contributed by atoms with Crippen LogP contribution in [0.1, 0.15) is 6.42 Å². The Hall–Kier alpha value is -1.18. The maximum Gasteiger partial charge on any atom is 0.317 e. The number of hydrogen-bond donors (Lipinski definition) is 3. The van der Waals surface area contributed by atoms with Gasteiger partial charge in [0.05, 0.1) is 26.2 Å². The second kappa shape index (κ2) is 9.08. The summed E-state index contributed by atoms with van der Waals surface area (Å²) >= 11 is 0. The number of ether oxygens (including phenoxy) is 1. The molecule has 0 atom stereocenters. The van der Waals surface area contributed by atoms with Crippen LogP contribution < -0.4 is 5.73 Å². The molecule has 0 saturated carbocycles. The van der Waals surface area contributed by atoms with Crippen molar-refractivity contribution in [3.05, 3.63) is 0 Å². The van der Waals surface area contributed by atoms with Gasteiger partial charge in [0, 0.05) is 19.6 Å². The Labute approximate surface area is 93.8 Å². The van der Waals surface area contributed by atoms with Crippen molar-refractivity contribution < 1.29 is 24.5 Å². The van der Waals surface area contributed by atoms with E-state index in [4.69, 9.17) is 20.7 Å². The summed E-state index contributed by atoms with van der Waals surface area (Å²) in [5, 5.41) is 16.9. The fourth-order valence-electron chi connectivity index (χ4n) is 1.10. The normalized spacial score (nSPS) is 10.6. The van der Waals surface area contributed by atoms with E-state index < -0.39 is 11.9 Å². The summed E-state index contributed by atoms with van der Waals surface area (Å²) in [5.41, 5.74) is 5.32. The van der Waals surface area contributed by atoms with Crippen LogP contribution in [0.3, 0.4) is 0 Å². The van der Waals surface area contributed by atoms with Gasteiger partial charge in [0.1, 0.15) is 0 Å². The van der Waals surface area contributed by atoms with Crippen molar-refractivity contribution in [3.63, 3.8) is 0 Å². The van der Waals surface area contributed by atoms with E-state index in [0.717, 1.165) is 0 Å². The maximum absolute atomic E-state index is 10.5. The predicted octanol–water partition coefficient (Wildman–Crippen LogP) is -1.18. The molecule has 0 bridgehead atoms. The fourth-order valence-corrected chi connectivity index (χ4v) is 1.10. The summed E-state index contributed by atoms with van der Waals surface area (Å²) in [7, 11) is 0. The van der Waals surface area contributed by atoms with Crippen molar-refractivity contribution in [3.8, 4) is 0 Å². The molecule has 16 heavy (non-hydrogen) atoms. The van der Waals surface area contributed by atoms with Crippen LogP contribution in [0, 0.1) is 0 Å². The molecule has 0 saturated heterocycles. The average Bonchev–Trinajstić information content (AvgIpc) is 2.16. The molecule has 0 aliphatic rings. The number of hydrogen-bond acceptors (Lipinski definition) is 5. The highest BCUT2D eigenvalue weighted by atomic mass is 16.5. The Balaban J connectivity index is 3.59. The lowest BCUT2D eigenvalue weighted by Crippen LogP contribution is -2.36. The molecule has 0 heterocycles. The Morgan fingerprint density at radius 1 is 1.12 bits per heavy atom. The predicted molar refractivity (Wildman–Crippen MR) is 56.2 cm³/mol. The SMILES string of the molecule is NCCN(CCOCCC(=O)O)CC(=O)O. The first-order valence-corrected chi connectivity index (χ1v) is 5.00. The Morgan fingerprint density at radius 2 is 1.81 bits per heavy atom. The van der Waals surface area contributed by atoms with E-state index in [1.54, 1.807) is 4.90 Å². The van der Waals surface area contributed by atoms with E-state index in [9.17, 15) is 9.59 Å². The molecule has 7 nitrogen and oxygen atoms in total. The number of carboxylic acids is 2. The average molecular weight is 234 g/mol. The molecular formula is C9H18N2O5. The molecule has 0 fully saturated rings. The summed E-state index contributed by atoms with van der Waals surface area (Å²) in [6, 6.07) is 0. The van der Waals surface area contributed by atoms with Crippen LogP contribution in [0.2, 0.25) is 0 Å². The van der Waals surface area contributed by atoms with Gasteiger partial charge in [0.25, 0.3) is 0 Å². The summed E-state index contributed by atoms with van der Waals surface area (Å²) < 4.78 is 5.05. The van der Waals surface area contributed by atoms with Crippen LogP contribution >= 0.6 is 0 Å². The zero-order valence-electron chi connectivity index (χ0n) is 9.09. The van der Waals surface area contributed by atoms with Gasteiger partial charge in [0.15, 0.2) is 0 Å². The molecule has 94 valence electrons. The van der Waals surface area contributed by atoms with Gasteiger partial charge in [-0.15, -0.1) is 0 Å². The Bertz CT molecular complexity index is 222. The van der Waals surface area contributed by atoms with E-state index in [1.807, 2.05) is 0 Å². The number of nitrogens with zero attached hydrogens (tertiary/aromatic N) is 1. The molecule has 0 rings (SSSR count). The number of nitrogens with two attached hydrogens (primary N) is 1.